The Labute approximate surface area is 73.6 Å². The summed E-state index contributed by atoms with van der Waals surface area (Å²) < 4.78 is 5.15. The van der Waals surface area contributed by atoms with E-state index in [0.29, 0.717) is 5.22 Å². The zero-order valence-corrected chi connectivity index (χ0v) is 8.15. The summed E-state index contributed by atoms with van der Waals surface area (Å²) in [6.45, 7) is 0. The quantitative estimate of drug-likeness (QED) is 0.576. The van der Waals surface area contributed by atoms with Crippen LogP contribution in [0, 0.1) is 0 Å². The minimum Gasteiger partial charge on any atom is -0.424 e. The van der Waals surface area contributed by atoms with Crippen LogP contribution in [0.3, 0.4) is 0 Å². The van der Waals surface area contributed by atoms with E-state index in [2.05, 4.69) is 17.6 Å². The molecule has 0 aliphatic heterocycles. The molecule has 0 saturated heterocycles. The Kier molecular flexibility index (Phi) is 3.00. The Bertz CT molecular complexity index is 201. The van der Waals surface area contributed by atoms with Crippen LogP contribution in [0.1, 0.15) is 0 Å². The van der Waals surface area contributed by atoms with Gasteiger partial charge in [-0.15, -0.1) is 11.8 Å². The third-order valence-corrected chi connectivity index (χ3v) is 2.57. The first-order valence-electron chi connectivity index (χ1n) is 2.55. The zero-order valence-electron chi connectivity index (χ0n) is 5.62. The first-order chi connectivity index (χ1) is 4.77. The Morgan fingerprint density at radius 3 is 2.50 bits per heavy atom. The van der Waals surface area contributed by atoms with Gasteiger partial charge in [-0.05, 0) is 12.5 Å². The van der Waals surface area contributed by atoms with Gasteiger partial charge in [0.1, 0.15) is 5.03 Å². The third-order valence-electron chi connectivity index (χ3n) is 0.935. The first-order valence-corrected chi connectivity index (χ1v) is 5.45. The van der Waals surface area contributed by atoms with Gasteiger partial charge in [-0.2, -0.15) is 4.98 Å². The van der Waals surface area contributed by atoms with E-state index in [1.54, 1.807) is 23.5 Å². The van der Waals surface area contributed by atoms with Crippen LogP contribution < -0.4 is 0 Å². The number of aromatic nitrogens is 1. The lowest BCUT2D eigenvalue weighted by atomic mass is 11.0. The summed E-state index contributed by atoms with van der Waals surface area (Å²) in [6, 6.07) is 0. The topological polar surface area (TPSA) is 26.0 Å². The fourth-order valence-corrected chi connectivity index (χ4v) is 2.13. The molecular weight excluding hydrogens is 186 g/mol. The van der Waals surface area contributed by atoms with E-state index in [4.69, 9.17) is 4.42 Å². The van der Waals surface area contributed by atoms with Crippen molar-refractivity contribution >= 4 is 36.2 Å². The first kappa shape index (κ1) is 8.36. The second-order valence-corrected chi connectivity index (χ2v) is 3.45. The second kappa shape index (κ2) is 3.59. The molecule has 5 heteroatoms. The van der Waals surface area contributed by atoms with Crippen LogP contribution in [-0.4, -0.2) is 17.5 Å². The summed E-state index contributed by atoms with van der Waals surface area (Å²) in [6.07, 6.45) is 3.91. The molecule has 0 unspecified atom stereocenters. The van der Waals surface area contributed by atoms with Crippen molar-refractivity contribution in [3.63, 3.8) is 0 Å². The monoisotopic (exact) mass is 193 g/mol. The fourth-order valence-electron chi connectivity index (χ4n) is 0.540. The van der Waals surface area contributed by atoms with E-state index >= 15 is 0 Å². The highest BCUT2D eigenvalue weighted by Gasteiger charge is 2.07. The van der Waals surface area contributed by atoms with Crippen LogP contribution >= 0.6 is 36.2 Å². The van der Waals surface area contributed by atoms with E-state index in [9.17, 15) is 0 Å². The third kappa shape index (κ3) is 1.65. The van der Waals surface area contributed by atoms with Crippen molar-refractivity contribution < 1.29 is 4.42 Å². The lowest BCUT2D eigenvalue weighted by Crippen LogP contribution is -1.69. The fraction of sp³-hybridized carbons (Fsp3) is 0.400. The highest BCUT2D eigenvalue weighted by Crippen LogP contribution is 2.29. The van der Waals surface area contributed by atoms with Gasteiger partial charge in [0, 0.05) is 0 Å². The van der Waals surface area contributed by atoms with Crippen LogP contribution in [-0.2, 0) is 0 Å². The van der Waals surface area contributed by atoms with Crippen LogP contribution in [0.2, 0.25) is 0 Å². The maximum Gasteiger partial charge on any atom is 0.254 e. The van der Waals surface area contributed by atoms with Crippen molar-refractivity contribution in [3.8, 4) is 0 Å². The predicted molar refractivity (Wildman–Crippen MR) is 47.3 cm³/mol. The number of hydrogen-bond acceptors (Lipinski definition) is 5. The Balaban J connectivity index is 2.96. The summed E-state index contributed by atoms with van der Waals surface area (Å²) in [7, 11) is 0. The average Bonchev–Trinajstić information content (AvgIpc) is 2.30. The summed E-state index contributed by atoms with van der Waals surface area (Å²) in [5, 5.41) is 2.20. The van der Waals surface area contributed by atoms with Crippen molar-refractivity contribution in [2.24, 2.45) is 0 Å². The highest BCUT2D eigenvalue weighted by molar-refractivity contribution is 8.01. The van der Waals surface area contributed by atoms with E-state index in [0.717, 1.165) is 10.1 Å². The van der Waals surface area contributed by atoms with Gasteiger partial charge >= 0.3 is 0 Å². The lowest BCUT2D eigenvalue weighted by Gasteiger charge is -1.88. The number of thiol groups is 1. The molecule has 2 nitrogen and oxygen atoms in total. The molecule has 1 aromatic rings. The van der Waals surface area contributed by atoms with Crippen molar-refractivity contribution in [2.45, 2.75) is 15.3 Å². The number of nitrogens with zero attached hydrogens (tertiary/aromatic N) is 1. The SMILES string of the molecule is CSc1nc(S)oc1SC. The van der Waals surface area contributed by atoms with Crippen molar-refractivity contribution in [3.05, 3.63) is 0 Å². The molecular formula is C5H7NOS3. The van der Waals surface area contributed by atoms with E-state index in [1.165, 1.54) is 0 Å². The molecule has 0 spiro atoms. The number of thioether (sulfide) groups is 2. The standard InChI is InChI=1S/C5H7NOS3/c1-9-3-4(10-2)7-5(8)6-3/h1-2H3,(H,6,8). The molecule has 1 rings (SSSR count). The second-order valence-electron chi connectivity index (χ2n) is 1.50. The molecule has 0 saturated carbocycles. The van der Waals surface area contributed by atoms with Crippen molar-refractivity contribution in [1.29, 1.82) is 0 Å². The van der Waals surface area contributed by atoms with Gasteiger partial charge in [0.25, 0.3) is 5.22 Å². The van der Waals surface area contributed by atoms with Gasteiger partial charge in [0.2, 0.25) is 0 Å². The Morgan fingerprint density at radius 1 is 1.40 bits per heavy atom. The predicted octanol–water partition coefficient (Wildman–Crippen LogP) is 2.41. The minimum atomic E-state index is 0.439. The van der Waals surface area contributed by atoms with Gasteiger partial charge in [-0.25, -0.2) is 0 Å². The average molecular weight is 193 g/mol. The van der Waals surface area contributed by atoms with Gasteiger partial charge in [0.05, 0.1) is 0 Å². The molecule has 0 aromatic carbocycles. The summed E-state index contributed by atoms with van der Waals surface area (Å²) in [5.41, 5.74) is 0. The normalized spacial score (nSPS) is 10.3. The van der Waals surface area contributed by atoms with Crippen LogP contribution in [0.15, 0.2) is 19.8 Å². The van der Waals surface area contributed by atoms with Gasteiger partial charge in [-0.3, -0.25) is 0 Å². The molecule has 1 heterocycles. The Hall–Kier alpha value is 0.260. The molecule has 0 fully saturated rings. The largest absolute Gasteiger partial charge is 0.424 e. The van der Waals surface area contributed by atoms with E-state index < -0.39 is 0 Å². The molecule has 0 aliphatic carbocycles. The van der Waals surface area contributed by atoms with Gasteiger partial charge in [-0.1, -0.05) is 24.4 Å². The van der Waals surface area contributed by atoms with E-state index in [-0.39, 0.29) is 0 Å². The molecule has 0 amide bonds. The smallest absolute Gasteiger partial charge is 0.254 e. The summed E-state index contributed by atoms with van der Waals surface area (Å²) in [5.74, 6) is 0. The molecule has 0 atom stereocenters. The molecule has 0 bridgehead atoms. The highest BCUT2D eigenvalue weighted by atomic mass is 32.2. The van der Waals surface area contributed by atoms with Crippen molar-refractivity contribution in [1.82, 2.24) is 4.98 Å². The number of oxazole rings is 1. The molecule has 0 aliphatic rings. The molecule has 10 heavy (non-hydrogen) atoms. The zero-order chi connectivity index (χ0) is 7.56. The van der Waals surface area contributed by atoms with Crippen LogP contribution in [0.5, 0.6) is 0 Å². The molecule has 1 aromatic heterocycles. The minimum absolute atomic E-state index is 0.439. The van der Waals surface area contributed by atoms with Gasteiger partial charge < -0.3 is 4.42 Å². The molecule has 0 radical (unpaired) electrons. The summed E-state index contributed by atoms with van der Waals surface area (Å²) >= 11 is 7.09. The maximum absolute atomic E-state index is 5.15. The lowest BCUT2D eigenvalue weighted by molar-refractivity contribution is 0.382. The summed E-state index contributed by atoms with van der Waals surface area (Å²) in [4.78, 5) is 4.04. The molecule has 56 valence electrons. The van der Waals surface area contributed by atoms with Gasteiger partial charge in [0.15, 0.2) is 5.09 Å². The van der Waals surface area contributed by atoms with Crippen LogP contribution in [0.4, 0.5) is 0 Å². The molecule has 0 N–H and O–H groups in total. The van der Waals surface area contributed by atoms with E-state index in [1.807, 2.05) is 12.5 Å². The number of rotatable bonds is 2. The Morgan fingerprint density at radius 2 is 2.10 bits per heavy atom. The van der Waals surface area contributed by atoms with Crippen molar-refractivity contribution in [2.75, 3.05) is 12.5 Å². The maximum atomic E-state index is 5.15. The van der Waals surface area contributed by atoms with Crippen LogP contribution in [0.25, 0.3) is 0 Å². The number of hydrogen-bond donors (Lipinski definition) is 1.